The molecule has 0 aliphatic heterocycles. The third kappa shape index (κ3) is 6.91. The predicted octanol–water partition coefficient (Wildman–Crippen LogP) is 5.52. The molecule has 156 valence electrons. The molecule has 29 heavy (non-hydrogen) atoms. The van der Waals surface area contributed by atoms with Crippen LogP contribution in [0, 0.1) is 0 Å². The van der Waals surface area contributed by atoms with E-state index in [2.05, 4.69) is 5.32 Å². The summed E-state index contributed by atoms with van der Waals surface area (Å²) >= 11 is 18.0. The van der Waals surface area contributed by atoms with Crippen LogP contribution < -0.4 is 5.32 Å². The van der Waals surface area contributed by atoms with Crippen LogP contribution in [0.2, 0.25) is 15.1 Å². The van der Waals surface area contributed by atoms with Crippen molar-refractivity contribution in [2.24, 2.45) is 0 Å². The van der Waals surface area contributed by atoms with E-state index < -0.39 is 6.04 Å². The van der Waals surface area contributed by atoms with Gasteiger partial charge in [0.15, 0.2) is 0 Å². The molecule has 2 aromatic rings. The third-order valence-corrected chi connectivity index (χ3v) is 5.76. The Hall–Kier alpha value is -1.75. The molecule has 2 rings (SSSR count). The minimum atomic E-state index is -0.630. The molecule has 0 saturated heterocycles. The standard InChI is InChI=1S/C22H25Cl3N2O2/c1-4-14(2)26-22(29)15(3)27(13-16-5-8-18(23)9-6-16)21(28)12-17-7-10-19(24)20(25)11-17/h5-11,14-15H,4,12-13H2,1-3H3,(H,26,29)/t14-,15-/m0/s1. The van der Waals surface area contributed by atoms with Gasteiger partial charge in [-0.05, 0) is 55.7 Å². The minimum Gasteiger partial charge on any atom is -0.352 e. The zero-order valence-corrected chi connectivity index (χ0v) is 19.0. The van der Waals surface area contributed by atoms with Crippen molar-refractivity contribution < 1.29 is 9.59 Å². The Balaban J connectivity index is 2.23. The lowest BCUT2D eigenvalue weighted by Gasteiger charge is -2.30. The van der Waals surface area contributed by atoms with Crippen molar-refractivity contribution in [1.29, 1.82) is 0 Å². The Bertz CT molecular complexity index is 856. The van der Waals surface area contributed by atoms with E-state index in [-0.39, 0.29) is 24.3 Å². The van der Waals surface area contributed by atoms with Crippen LogP contribution in [0.25, 0.3) is 0 Å². The maximum absolute atomic E-state index is 13.1. The van der Waals surface area contributed by atoms with Gasteiger partial charge in [-0.3, -0.25) is 9.59 Å². The highest BCUT2D eigenvalue weighted by Gasteiger charge is 2.27. The zero-order valence-electron chi connectivity index (χ0n) is 16.7. The second kappa shape index (κ2) is 10.9. The molecule has 0 aromatic heterocycles. The van der Waals surface area contributed by atoms with Crippen molar-refractivity contribution in [3.8, 4) is 0 Å². The van der Waals surface area contributed by atoms with E-state index in [1.165, 1.54) is 0 Å². The van der Waals surface area contributed by atoms with Crippen LogP contribution in [0.15, 0.2) is 42.5 Å². The Morgan fingerprint density at radius 1 is 0.966 bits per heavy atom. The van der Waals surface area contributed by atoms with Crippen LogP contribution in [0.1, 0.15) is 38.3 Å². The van der Waals surface area contributed by atoms with Crippen LogP contribution in [-0.4, -0.2) is 28.8 Å². The molecule has 0 radical (unpaired) electrons. The SMILES string of the molecule is CC[C@H](C)NC(=O)[C@H](C)N(Cc1ccc(Cl)cc1)C(=O)Cc1ccc(Cl)c(Cl)c1. The molecule has 0 aliphatic rings. The van der Waals surface area contributed by atoms with Gasteiger partial charge in [0.2, 0.25) is 11.8 Å². The number of amides is 2. The normalized spacial score (nSPS) is 12.9. The quantitative estimate of drug-likeness (QED) is 0.569. The van der Waals surface area contributed by atoms with E-state index in [4.69, 9.17) is 34.8 Å². The summed E-state index contributed by atoms with van der Waals surface area (Å²) in [5.41, 5.74) is 1.63. The molecular formula is C22H25Cl3N2O2. The average molecular weight is 456 g/mol. The maximum atomic E-state index is 13.1. The predicted molar refractivity (Wildman–Crippen MR) is 120 cm³/mol. The summed E-state index contributed by atoms with van der Waals surface area (Å²) in [4.78, 5) is 27.4. The van der Waals surface area contributed by atoms with Gasteiger partial charge in [-0.1, -0.05) is 59.9 Å². The van der Waals surface area contributed by atoms with Crippen molar-refractivity contribution in [1.82, 2.24) is 10.2 Å². The van der Waals surface area contributed by atoms with Crippen molar-refractivity contribution in [2.75, 3.05) is 0 Å². The fourth-order valence-corrected chi connectivity index (χ4v) is 3.21. The van der Waals surface area contributed by atoms with E-state index in [1.54, 1.807) is 42.2 Å². The Morgan fingerprint density at radius 2 is 1.59 bits per heavy atom. The summed E-state index contributed by atoms with van der Waals surface area (Å²) in [7, 11) is 0. The fourth-order valence-electron chi connectivity index (χ4n) is 2.76. The van der Waals surface area contributed by atoms with Crippen LogP contribution in [0.4, 0.5) is 0 Å². The van der Waals surface area contributed by atoms with Crippen LogP contribution in [0.5, 0.6) is 0 Å². The highest BCUT2D eigenvalue weighted by atomic mass is 35.5. The highest BCUT2D eigenvalue weighted by molar-refractivity contribution is 6.42. The summed E-state index contributed by atoms with van der Waals surface area (Å²) in [5, 5.41) is 4.39. The first-order valence-corrected chi connectivity index (χ1v) is 10.6. The van der Waals surface area contributed by atoms with Gasteiger partial charge < -0.3 is 10.2 Å². The lowest BCUT2D eigenvalue weighted by atomic mass is 10.1. The fraction of sp³-hybridized carbons (Fsp3) is 0.364. The molecule has 0 fully saturated rings. The molecular weight excluding hydrogens is 431 g/mol. The highest BCUT2D eigenvalue weighted by Crippen LogP contribution is 2.23. The van der Waals surface area contributed by atoms with Crippen LogP contribution in [-0.2, 0) is 22.6 Å². The van der Waals surface area contributed by atoms with Gasteiger partial charge in [0, 0.05) is 17.6 Å². The lowest BCUT2D eigenvalue weighted by molar-refractivity contribution is -0.140. The summed E-state index contributed by atoms with van der Waals surface area (Å²) in [6, 6.07) is 11.7. The molecule has 2 amide bonds. The Kier molecular flexibility index (Phi) is 8.81. The molecule has 0 saturated carbocycles. The van der Waals surface area contributed by atoms with Gasteiger partial charge in [-0.25, -0.2) is 0 Å². The maximum Gasteiger partial charge on any atom is 0.242 e. The number of benzene rings is 2. The summed E-state index contributed by atoms with van der Waals surface area (Å²) in [5.74, 6) is -0.360. The molecule has 0 aliphatic carbocycles. The summed E-state index contributed by atoms with van der Waals surface area (Å²) in [6.07, 6.45) is 0.929. The molecule has 0 spiro atoms. The minimum absolute atomic E-state index is 0.0347. The van der Waals surface area contributed by atoms with Gasteiger partial charge in [-0.15, -0.1) is 0 Å². The van der Waals surface area contributed by atoms with Gasteiger partial charge in [0.1, 0.15) is 6.04 Å². The number of rotatable bonds is 8. The number of carbonyl (C=O) groups excluding carboxylic acids is 2. The lowest BCUT2D eigenvalue weighted by Crippen LogP contribution is -2.49. The number of hydrogen-bond acceptors (Lipinski definition) is 2. The van der Waals surface area contributed by atoms with Crippen molar-refractivity contribution in [2.45, 2.75) is 52.2 Å². The number of hydrogen-bond donors (Lipinski definition) is 1. The monoisotopic (exact) mass is 454 g/mol. The number of nitrogens with one attached hydrogen (secondary N) is 1. The average Bonchev–Trinajstić information content (AvgIpc) is 2.69. The van der Waals surface area contributed by atoms with E-state index in [0.717, 1.165) is 17.5 Å². The largest absolute Gasteiger partial charge is 0.352 e. The van der Waals surface area contributed by atoms with E-state index in [1.807, 2.05) is 26.0 Å². The number of halogens is 3. The van der Waals surface area contributed by atoms with Crippen molar-refractivity contribution in [3.05, 3.63) is 68.7 Å². The van der Waals surface area contributed by atoms with Gasteiger partial charge in [0.25, 0.3) is 0 Å². The van der Waals surface area contributed by atoms with Crippen LogP contribution >= 0.6 is 34.8 Å². The smallest absolute Gasteiger partial charge is 0.242 e. The van der Waals surface area contributed by atoms with Gasteiger partial charge >= 0.3 is 0 Å². The third-order valence-electron chi connectivity index (χ3n) is 4.77. The van der Waals surface area contributed by atoms with Gasteiger partial charge in [-0.2, -0.15) is 0 Å². The molecule has 2 aromatic carbocycles. The van der Waals surface area contributed by atoms with Crippen LogP contribution in [0.3, 0.4) is 0 Å². The first-order valence-electron chi connectivity index (χ1n) is 9.49. The van der Waals surface area contributed by atoms with E-state index in [9.17, 15) is 9.59 Å². The molecule has 0 heterocycles. The molecule has 0 bridgehead atoms. The molecule has 1 N–H and O–H groups in total. The molecule has 4 nitrogen and oxygen atoms in total. The zero-order chi connectivity index (χ0) is 21.6. The second-order valence-corrected chi connectivity index (χ2v) is 8.32. The molecule has 0 unspecified atom stereocenters. The Labute approximate surface area is 187 Å². The van der Waals surface area contributed by atoms with E-state index >= 15 is 0 Å². The topological polar surface area (TPSA) is 49.4 Å². The second-order valence-electron chi connectivity index (χ2n) is 7.07. The number of carbonyl (C=O) groups is 2. The van der Waals surface area contributed by atoms with E-state index in [0.29, 0.717) is 21.6 Å². The molecule has 2 atom stereocenters. The van der Waals surface area contributed by atoms with Crippen molar-refractivity contribution >= 4 is 46.6 Å². The summed E-state index contributed by atoms with van der Waals surface area (Å²) < 4.78 is 0. The first-order chi connectivity index (χ1) is 13.7. The Morgan fingerprint density at radius 3 is 2.17 bits per heavy atom. The number of nitrogens with zero attached hydrogens (tertiary/aromatic N) is 1. The van der Waals surface area contributed by atoms with Gasteiger partial charge in [0.05, 0.1) is 16.5 Å². The van der Waals surface area contributed by atoms with Crippen molar-refractivity contribution in [3.63, 3.8) is 0 Å². The summed E-state index contributed by atoms with van der Waals surface area (Å²) in [6.45, 7) is 5.97. The molecule has 7 heteroatoms. The first kappa shape index (κ1) is 23.5.